The van der Waals surface area contributed by atoms with E-state index in [1.54, 1.807) is 17.7 Å². The predicted molar refractivity (Wildman–Crippen MR) is 106 cm³/mol. The Hall–Kier alpha value is -2.73. The Morgan fingerprint density at radius 1 is 1.28 bits per heavy atom. The molecule has 126 valence electrons. The number of aromatic amines is 1. The molecule has 0 saturated carbocycles. The molecule has 1 aromatic carbocycles. The van der Waals surface area contributed by atoms with Crippen LogP contribution in [0.15, 0.2) is 35.8 Å². The van der Waals surface area contributed by atoms with E-state index >= 15 is 0 Å². The van der Waals surface area contributed by atoms with Crippen LogP contribution in [-0.4, -0.2) is 21.2 Å². The number of hydrogen-bond donors (Lipinski definition) is 2. The Morgan fingerprint density at radius 3 is 3.00 bits per heavy atom. The van der Waals surface area contributed by atoms with E-state index < -0.39 is 0 Å². The number of fused-ring (bicyclic) bond motifs is 2. The molecule has 0 fully saturated rings. The van der Waals surface area contributed by atoms with Crippen LogP contribution in [0.2, 0.25) is 0 Å². The molecule has 4 aromatic rings. The molecule has 6 heteroatoms. The van der Waals surface area contributed by atoms with E-state index in [4.69, 9.17) is 0 Å². The van der Waals surface area contributed by atoms with Gasteiger partial charge in [-0.15, -0.1) is 11.3 Å². The van der Waals surface area contributed by atoms with Crippen molar-refractivity contribution in [3.05, 3.63) is 52.3 Å². The van der Waals surface area contributed by atoms with Crippen molar-refractivity contribution in [2.75, 3.05) is 5.43 Å². The van der Waals surface area contributed by atoms with E-state index in [0.717, 1.165) is 28.0 Å². The molecule has 0 spiro atoms. The lowest BCUT2D eigenvalue weighted by Gasteiger charge is -2.02. The Morgan fingerprint density at radius 2 is 2.16 bits per heavy atom. The topological polar surface area (TPSA) is 66.0 Å². The van der Waals surface area contributed by atoms with Crippen molar-refractivity contribution in [1.82, 2.24) is 15.0 Å². The Labute approximate surface area is 149 Å². The van der Waals surface area contributed by atoms with Gasteiger partial charge in [0, 0.05) is 27.5 Å². The molecule has 0 aliphatic rings. The number of rotatable bonds is 4. The molecule has 3 aromatic heterocycles. The molecule has 0 unspecified atom stereocenters. The first-order valence-corrected chi connectivity index (χ1v) is 9.09. The van der Waals surface area contributed by atoms with Crippen molar-refractivity contribution in [1.29, 1.82) is 0 Å². The highest BCUT2D eigenvalue weighted by Gasteiger charge is 2.11. The lowest BCUT2D eigenvalue weighted by Crippen LogP contribution is -1.95. The first kappa shape index (κ1) is 15.8. The third kappa shape index (κ3) is 2.68. The number of thiophene rings is 1. The lowest BCUT2D eigenvalue weighted by molar-refractivity contribution is 1.15. The van der Waals surface area contributed by atoms with Crippen molar-refractivity contribution in [2.45, 2.75) is 27.2 Å². The summed E-state index contributed by atoms with van der Waals surface area (Å²) in [6.07, 6.45) is 6.41. The van der Waals surface area contributed by atoms with Crippen molar-refractivity contribution in [3.8, 4) is 0 Å². The van der Waals surface area contributed by atoms with Crippen molar-refractivity contribution in [3.63, 3.8) is 0 Å². The molecule has 4 rings (SSSR count). The highest BCUT2D eigenvalue weighted by molar-refractivity contribution is 7.18. The maximum Gasteiger partial charge on any atom is 0.158 e. The van der Waals surface area contributed by atoms with Crippen LogP contribution in [0.3, 0.4) is 0 Å². The van der Waals surface area contributed by atoms with Crippen molar-refractivity contribution in [2.24, 2.45) is 5.10 Å². The van der Waals surface area contributed by atoms with Crippen LogP contribution in [0.4, 0.5) is 5.82 Å². The average molecular weight is 349 g/mol. The molecular formula is C19H19N5S. The molecule has 0 atom stereocenters. The van der Waals surface area contributed by atoms with Gasteiger partial charge in [0.2, 0.25) is 0 Å². The second-order valence-electron chi connectivity index (χ2n) is 5.99. The van der Waals surface area contributed by atoms with Crippen LogP contribution < -0.4 is 5.43 Å². The van der Waals surface area contributed by atoms with Gasteiger partial charge in [-0.05, 0) is 31.4 Å². The van der Waals surface area contributed by atoms with Crippen molar-refractivity contribution >= 4 is 44.5 Å². The first-order valence-electron chi connectivity index (χ1n) is 8.27. The Bertz CT molecular complexity index is 1090. The molecule has 0 bridgehead atoms. The van der Waals surface area contributed by atoms with E-state index in [0.29, 0.717) is 0 Å². The summed E-state index contributed by atoms with van der Waals surface area (Å²) in [5.74, 6) is 0.747. The van der Waals surface area contributed by atoms with Gasteiger partial charge in [0.25, 0.3) is 0 Å². The molecule has 0 aliphatic heterocycles. The summed E-state index contributed by atoms with van der Waals surface area (Å²) in [5.41, 5.74) is 7.84. The minimum Gasteiger partial charge on any atom is -0.360 e. The van der Waals surface area contributed by atoms with Gasteiger partial charge in [-0.25, -0.2) is 9.97 Å². The Balaban J connectivity index is 1.66. The minimum atomic E-state index is 0.747. The zero-order valence-corrected chi connectivity index (χ0v) is 15.2. The maximum absolute atomic E-state index is 4.41. The van der Waals surface area contributed by atoms with Crippen LogP contribution in [0.25, 0.3) is 21.1 Å². The predicted octanol–water partition coefficient (Wildman–Crippen LogP) is 4.80. The smallest absolute Gasteiger partial charge is 0.158 e. The second-order valence-corrected chi connectivity index (χ2v) is 7.20. The number of anilines is 1. The third-order valence-corrected chi connectivity index (χ3v) is 5.67. The van der Waals surface area contributed by atoms with Gasteiger partial charge in [-0.1, -0.05) is 25.1 Å². The summed E-state index contributed by atoms with van der Waals surface area (Å²) in [4.78, 5) is 14.3. The monoisotopic (exact) mass is 349 g/mol. The van der Waals surface area contributed by atoms with Crippen LogP contribution >= 0.6 is 11.3 Å². The van der Waals surface area contributed by atoms with Crippen LogP contribution in [0.1, 0.15) is 28.5 Å². The van der Waals surface area contributed by atoms with Gasteiger partial charge in [-0.2, -0.15) is 5.10 Å². The highest BCUT2D eigenvalue weighted by atomic mass is 32.1. The fraction of sp³-hybridized carbons (Fsp3) is 0.211. The van der Waals surface area contributed by atoms with E-state index in [1.165, 1.54) is 26.9 Å². The van der Waals surface area contributed by atoms with E-state index in [-0.39, 0.29) is 0 Å². The normalized spacial score (nSPS) is 11.8. The summed E-state index contributed by atoms with van der Waals surface area (Å²) < 4.78 is 0. The van der Waals surface area contributed by atoms with Crippen LogP contribution in [0, 0.1) is 13.8 Å². The molecule has 0 aliphatic carbocycles. The maximum atomic E-state index is 4.41. The second kappa shape index (κ2) is 6.29. The number of benzene rings is 1. The molecule has 0 radical (unpaired) electrons. The third-order valence-electron chi connectivity index (χ3n) is 4.55. The summed E-state index contributed by atoms with van der Waals surface area (Å²) in [7, 11) is 0. The first-order chi connectivity index (χ1) is 12.2. The standard InChI is InChI=1S/C19H19N5S/c1-4-13-6-5-7-15-14(8-20-17(13)15)9-23-24-18-16-11(2)12(3)25-19(16)22-10-21-18/h5-10,20H,4H2,1-3H3,(H,21,22,24)/b23-9+. The lowest BCUT2D eigenvalue weighted by atomic mass is 10.1. The molecular weight excluding hydrogens is 330 g/mol. The van der Waals surface area contributed by atoms with E-state index in [1.807, 2.05) is 12.4 Å². The van der Waals surface area contributed by atoms with Gasteiger partial charge in [0.05, 0.1) is 11.6 Å². The number of hydrogen-bond acceptors (Lipinski definition) is 5. The van der Waals surface area contributed by atoms with Gasteiger partial charge in [0.15, 0.2) is 5.82 Å². The summed E-state index contributed by atoms with van der Waals surface area (Å²) >= 11 is 1.68. The number of nitrogens with zero attached hydrogens (tertiary/aromatic N) is 3. The van der Waals surface area contributed by atoms with Crippen LogP contribution in [0.5, 0.6) is 0 Å². The fourth-order valence-corrected chi connectivity index (χ4v) is 4.07. The van der Waals surface area contributed by atoms with E-state index in [2.05, 4.69) is 64.4 Å². The van der Waals surface area contributed by atoms with Gasteiger partial charge in [-0.3, -0.25) is 5.43 Å². The number of H-pyrrole nitrogens is 1. The van der Waals surface area contributed by atoms with Crippen LogP contribution in [-0.2, 0) is 6.42 Å². The largest absolute Gasteiger partial charge is 0.360 e. The summed E-state index contributed by atoms with van der Waals surface area (Å²) in [6, 6.07) is 6.35. The minimum absolute atomic E-state index is 0.747. The number of hydrazone groups is 1. The quantitative estimate of drug-likeness (QED) is 0.411. The Kier molecular flexibility index (Phi) is 3.97. The molecule has 3 heterocycles. The SMILES string of the molecule is CCc1cccc2c(/C=N/Nc3ncnc4sc(C)c(C)c34)c[nH]c12. The van der Waals surface area contributed by atoms with Gasteiger partial charge < -0.3 is 4.98 Å². The summed E-state index contributed by atoms with van der Waals surface area (Å²) in [6.45, 7) is 6.36. The molecule has 2 N–H and O–H groups in total. The number of nitrogens with one attached hydrogen (secondary N) is 2. The molecule has 0 amide bonds. The molecule has 0 saturated heterocycles. The zero-order valence-electron chi connectivity index (χ0n) is 14.4. The van der Waals surface area contributed by atoms with Crippen molar-refractivity contribution < 1.29 is 0 Å². The number of aryl methyl sites for hydroxylation is 3. The number of para-hydroxylation sites is 1. The van der Waals surface area contributed by atoms with E-state index in [9.17, 15) is 0 Å². The fourth-order valence-electron chi connectivity index (χ4n) is 3.07. The average Bonchev–Trinajstić information content (AvgIpc) is 3.17. The number of aromatic nitrogens is 3. The molecule has 25 heavy (non-hydrogen) atoms. The van der Waals surface area contributed by atoms with Gasteiger partial charge in [0.1, 0.15) is 11.2 Å². The summed E-state index contributed by atoms with van der Waals surface area (Å²) in [5, 5.41) is 6.64. The zero-order chi connectivity index (χ0) is 17.4. The molecule has 5 nitrogen and oxygen atoms in total. The van der Waals surface area contributed by atoms with Gasteiger partial charge >= 0.3 is 0 Å². The highest BCUT2D eigenvalue weighted by Crippen LogP contribution is 2.32.